The smallest absolute Gasteiger partial charge is 0.371 e. The molecule has 1 atom stereocenters. The van der Waals surface area contributed by atoms with Gasteiger partial charge in [-0.1, -0.05) is 43.3 Å². The molecular weight excluding hydrogens is 353 g/mol. The molecule has 0 aliphatic carbocycles. The predicted molar refractivity (Wildman–Crippen MR) is 87.4 cm³/mol. The van der Waals surface area contributed by atoms with E-state index in [1.54, 1.807) is 37.3 Å². The van der Waals surface area contributed by atoms with Crippen molar-refractivity contribution >= 4 is 13.8 Å². The van der Waals surface area contributed by atoms with Gasteiger partial charge in [-0.25, -0.2) is 13.3 Å². The molecule has 0 spiro atoms. The number of halogens is 2. The van der Waals surface area contributed by atoms with Gasteiger partial charge in [-0.15, -0.1) is 0 Å². The Morgan fingerprint density at radius 1 is 1.16 bits per heavy atom. The highest BCUT2D eigenvalue weighted by Gasteiger charge is 2.24. The molecule has 0 radical (unpaired) electrons. The van der Waals surface area contributed by atoms with Crippen LogP contribution in [0, 0.1) is 17.6 Å². The number of rotatable bonds is 6. The Bertz CT molecular complexity index is 804. The fourth-order valence-corrected chi connectivity index (χ4v) is 2.90. The summed E-state index contributed by atoms with van der Waals surface area (Å²) in [6.07, 6.45) is -0.334. The van der Waals surface area contributed by atoms with Gasteiger partial charge in [0.1, 0.15) is 0 Å². The molecule has 0 aliphatic rings. The quantitative estimate of drug-likeness (QED) is 0.755. The molecule has 25 heavy (non-hydrogen) atoms. The topological polar surface area (TPSA) is 83.8 Å². The van der Waals surface area contributed by atoms with E-state index in [1.807, 2.05) is 0 Å². The molecule has 0 amide bonds. The van der Waals surface area contributed by atoms with Crippen molar-refractivity contribution in [1.29, 1.82) is 0 Å². The van der Waals surface area contributed by atoms with E-state index in [0.717, 1.165) is 6.07 Å². The van der Waals surface area contributed by atoms with Crippen LogP contribution in [0.25, 0.3) is 11.1 Å². The maximum atomic E-state index is 14.3. The summed E-state index contributed by atoms with van der Waals surface area (Å²) < 4.78 is 42.6. The molecule has 134 valence electrons. The first-order valence-corrected chi connectivity index (χ1v) is 9.00. The third kappa shape index (κ3) is 5.46. The lowest BCUT2D eigenvalue weighted by Gasteiger charge is -2.16. The summed E-state index contributed by atoms with van der Waals surface area (Å²) in [6.45, 7) is 1.58. The average Bonchev–Trinajstić information content (AvgIpc) is 2.51. The van der Waals surface area contributed by atoms with Crippen molar-refractivity contribution in [2.45, 2.75) is 19.8 Å². The zero-order chi connectivity index (χ0) is 18.6. The van der Waals surface area contributed by atoms with Gasteiger partial charge < -0.3 is 4.52 Å². The molecule has 5 nitrogen and oxygen atoms in total. The maximum Gasteiger partial charge on any atom is 0.526 e. The Balaban J connectivity index is 2.25. The fourth-order valence-electron chi connectivity index (χ4n) is 2.56. The molecule has 2 aromatic carbocycles. The molecule has 0 heterocycles. The number of phosphoric ester groups is 1. The van der Waals surface area contributed by atoms with Gasteiger partial charge in [-0.3, -0.25) is 14.6 Å². The van der Waals surface area contributed by atoms with Crippen LogP contribution in [-0.4, -0.2) is 15.8 Å². The van der Waals surface area contributed by atoms with Crippen LogP contribution in [-0.2, 0) is 20.3 Å². The molecule has 0 saturated heterocycles. The summed E-state index contributed by atoms with van der Waals surface area (Å²) in [5.74, 6) is -3.62. The van der Waals surface area contributed by atoms with E-state index in [0.29, 0.717) is 11.1 Å². The summed E-state index contributed by atoms with van der Waals surface area (Å²) in [4.78, 5) is 28.7. The zero-order valence-electron chi connectivity index (χ0n) is 13.4. The van der Waals surface area contributed by atoms with Crippen LogP contribution in [0.3, 0.4) is 0 Å². The third-order valence-electron chi connectivity index (χ3n) is 3.57. The molecule has 0 bridgehead atoms. The number of hydrogen-bond donors (Lipinski definition) is 2. The van der Waals surface area contributed by atoms with Crippen molar-refractivity contribution < 1.29 is 32.5 Å². The molecule has 2 aromatic rings. The van der Waals surface area contributed by atoms with Gasteiger partial charge in [-0.05, 0) is 35.1 Å². The molecule has 2 N–H and O–H groups in total. The first kappa shape index (κ1) is 19.2. The standard InChI is InChI=1S/C17H17F2O5P/c1-11(10-16(20)24-25(21,22)23)9-14-13(7-8-15(18)17(14)19)12-5-3-2-4-6-12/h2-8,11H,9-10H2,1H3,(H2,21,22,23). The van der Waals surface area contributed by atoms with E-state index in [9.17, 15) is 18.1 Å². The lowest BCUT2D eigenvalue weighted by atomic mass is 9.91. The summed E-state index contributed by atoms with van der Waals surface area (Å²) in [5, 5.41) is 0. The summed E-state index contributed by atoms with van der Waals surface area (Å²) >= 11 is 0. The van der Waals surface area contributed by atoms with Crippen molar-refractivity contribution in [2.75, 3.05) is 0 Å². The predicted octanol–water partition coefficient (Wildman–Crippen LogP) is 3.84. The second kappa shape index (κ2) is 7.87. The summed E-state index contributed by atoms with van der Waals surface area (Å²) in [7, 11) is -4.92. The van der Waals surface area contributed by atoms with E-state index in [-0.39, 0.29) is 18.4 Å². The SMILES string of the molecule is CC(CC(=O)OP(=O)(O)O)Cc1c(-c2ccccc2)ccc(F)c1F. The van der Waals surface area contributed by atoms with Crippen molar-refractivity contribution in [3.63, 3.8) is 0 Å². The lowest BCUT2D eigenvalue weighted by Crippen LogP contribution is -2.12. The third-order valence-corrected chi connectivity index (χ3v) is 4.01. The molecule has 0 saturated carbocycles. The van der Waals surface area contributed by atoms with E-state index >= 15 is 0 Å². The van der Waals surface area contributed by atoms with Crippen LogP contribution in [0.4, 0.5) is 8.78 Å². The Kier molecular flexibility index (Phi) is 6.06. The summed E-state index contributed by atoms with van der Waals surface area (Å²) in [6, 6.07) is 11.3. The number of benzene rings is 2. The van der Waals surface area contributed by atoms with Crippen molar-refractivity contribution in [2.24, 2.45) is 5.92 Å². The van der Waals surface area contributed by atoms with Gasteiger partial charge >= 0.3 is 13.8 Å². The molecule has 2 rings (SSSR count). The van der Waals surface area contributed by atoms with Gasteiger partial charge in [0.25, 0.3) is 0 Å². The van der Waals surface area contributed by atoms with Gasteiger partial charge in [0.15, 0.2) is 11.6 Å². The number of carbonyl (C=O) groups excluding carboxylic acids is 1. The van der Waals surface area contributed by atoms with E-state index in [1.165, 1.54) is 6.07 Å². The second-order valence-corrected chi connectivity index (χ2v) is 6.88. The molecule has 1 unspecified atom stereocenters. The van der Waals surface area contributed by atoms with Crippen LogP contribution in [0.15, 0.2) is 42.5 Å². The first-order valence-electron chi connectivity index (χ1n) is 7.47. The molecular formula is C17H17F2O5P. The Morgan fingerprint density at radius 3 is 2.40 bits per heavy atom. The normalized spacial score (nSPS) is 12.7. The summed E-state index contributed by atoms with van der Waals surface area (Å²) in [5.41, 5.74) is 1.29. The van der Waals surface area contributed by atoms with Gasteiger partial charge in [0.05, 0.1) is 0 Å². The molecule has 0 aromatic heterocycles. The minimum absolute atomic E-state index is 0.00405. The number of phosphoric acid groups is 1. The van der Waals surface area contributed by atoms with Crippen LogP contribution in [0.1, 0.15) is 18.9 Å². The Morgan fingerprint density at radius 2 is 1.80 bits per heavy atom. The van der Waals surface area contributed by atoms with E-state index in [2.05, 4.69) is 4.52 Å². The molecule has 8 heteroatoms. The highest BCUT2D eigenvalue weighted by molar-refractivity contribution is 7.46. The highest BCUT2D eigenvalue weighted by atomic mass is 31.2. The van der Waals surface area contributed by atoms with E-state index < -0.39 is 31.3 Å². The minimum Gasteiger partial charge on any atom is -0.371 e. The van der Waals surface area contributed by atoms with Gasteiger partial charge in [0.2, 0.25) is 0 Å². The van der Waals surface area contributed by atoms with Crippen molar-refractivity contribution in [1.82, 2.24) is 0 Å². The lowest BCUT2D eigenvalue weighted by molar-refractivity contribution is -0.136. The van der Waals surface area contributed by atoms with Crippen LogP contribution >= 0.6 is 7.82 Å². The molecule has 0 aliphatic heterocycles. The first-order chi connectivity index (χ1) is 11.7. The van der Waals surface area contributed by atoms with Crippen LogP contribution in [0.5, 0.6) is 0 Å². The molecule has 0 fully saturated rings. The van der Waals surface area contributed by atoms with E-state index in [4.69, 9.17) is 9.79 Å². The largest absolute Gasteiger partial charge is 0.526 e. The van der Waals surface area contributed by atoms with Crippen molar-refractivity contribution in [3.8, 4) is 11.1 Å². The van der Waals surface area contributed by atoms with Gasteiger partial charge in [0, 0.05) is 6.42 Å². The minimum atomic E-state index is -4.92. The average molecular weight is 370 g/mol. The van der Waals surface area contributed by atoms with Crippen LogP contribution < -0.4 is 0 Å². The zero-order valence-corrected chi connectivity index (χ0v) is 14.2. The number of hydrogen-bond acceptors (Lipinski definition) is 3. The van der Waals surface area contributed by atoms with Crippen molar-refractivity contribution in [3.05, 3.63) is 59.7 Å². The highest BCUT2D eigenvalue weighted by Crippen LogP contribution is 2.37. The maximum absolute atomic E-state index is 14.3. The van der Waals surface area contributed by atoms with Gasteiger partial charge in [-0.2, -0.15) is 0 Å². The second-order valence-electron chi connectivity index (χ2n) is 5.72. The fraction of sp³-hybridized carbons (Fsp3) is 0.235. The Labute approximate surface area is 143 Å². The Hall–Kier alpha value is -2.08. The monoisotopic (exact) mass is 370 g/mol. The van der Waals surface area contributed by atoms with Crippen LogP contribution in [0.2, 0.25) is 0 Å². The number of carbonyl (C=O) groups is 1.